The predicted octanol–water partition coefficient (Wildman–Crippen LogP) is 3.36. The fourth-order valence-corrected chi connectivity index (χ4v) is 2.77. The maximum Gasteiger partial charge on any atom is 0.319 e. The fourth-order valence-electron chi connectivity index (χ4n) is 2.77. The van der Waals surface area contributed by atoms with Crippen LogP contribution >= 0.6 is 0 Å². The Morgan fingerprint density at radius 2 is 1.83 bits per heavy atom. The number of benzene rings is 1. The van der Waals surface area contributed by atoms with Crippen LogP contribution < -0.4 is 16.0 Å². The molecule has 1 saturated carbocycles. The summed E-state index contributed by atoms with van der Waals surface area (Å²) in [5.41, 5.74) is 1.35. The second-order valence-electron chi connectivity index (χ2n) is 6.04. The number of carbonyl (C=O) groups excluding carboxylic acids is 2. The molecule has 1 aromatic carbocycles. The van der Waals surface area contributed by atoms with Crippen LogP contribution in [-0.2, 0) is 9.53 Å². The number of ether oxygens (including phenoxy) is 1. The molecule has 3 N–H and O–H groups in total. The monoisotopic (exact) mass is 333 g/mol. The lowest BCUT2D eigenvalue weighted by atomic mass is 10.1. The molecule has 0 spiro atoms. The van der Waals surface area contributed by atoms with Gasteiger partial charge in [-0.3, -0.25) is 4.79 Å². The van der Waals surface area contributed by atoms with Crippen LogP contribution in [0.25, 0.3) is 0 Å². The maximum atomic E-state index is 12.2. The molecule has 1 aliphatic rings. The van der Waals surface area contributed by atoms with Crippen molar-refractivity contribution in [2.75, 3.05) is 30.4 Å². The van der Waals surface area contributed by atoms with Gasteiger partial charge in [-0.1, -0.05) is 25.8 Å². The van der Waals surface area contributed by atoms with Crippen molar-refractivity contribution in [1.29, 1.82) is 0 Å². The number of urea groups is 1. The SMILES string of the molecule is CCCOCCNC(=O)Nc1cccc(NC(=O)C2CCCC2)c1. The van der Waals surface area contributed by atoms with Crippen molar-refractivity contribution in [2.24, 2.45) is 5.92 Å². The molecule has 0 radical (unpaired) electrons. The van der Waals surface area contributed by atoms with Crippen LogP contribution in [0.4, 0.5) is 16.2 Å². The molecule has 0 aliphatic heterocycles. The van der Waals surface area contributed by atoms with Crippen molar-refractivity contribution in [2.45, 2.75) is 39.0 Å². The van der Waals surface area contributed by atoms with E-state index in [4.69, 9.17) is 4.74 Å². The summed E-state index contributed by atoms with van der Waals surface area (Å²) < 4.78 is 5.30. The van der Waals surface area contributed by atoms with Crippen LogP contribution in [0.1, 0.15) is 39.0 Å². The minimum Gasteiger partial charge on any atom is -0.380 e. The Labute approximate surface area is 143 Å². The zero-order valence-electron chi connectivity index (χ0n) is 14.3. The molecular weight excluding hydrogens is 306 g/mol. The van der Waals surface area contributed by atoms with Gasteiger partial charge in [-0.25, -0.2) is 4.79 Å². The average molecular weight is 333 g/mol. The van der Waals surface area contributed by atoms with Gasteiger partial charge in [0.05, 0.1) is 6.61 Å². The van der Waals surface area contributed by atoms with E-state index < -0.39 is 0 Å². The van der Waals surface area contributed by atoms with Crippen LogP contribution in [0.3, 0.4) is 0 Å². The molecule has 0 atom stereocenters. The quantitative estimate of drug-likeness (QED) is 0.638. The van der Waals surface area contributed by atoms with E-state index in [0.29, 0.717) is 31.1 Å². The Hall–Kier alpha value is -2.08. The van der Waals surface area contributed by atoms with Crippen LogP contribution in [0.15, 0.2) is 24.3 Å². The van der Waals surface area contributed by atoms with Gasteiger partial charge < -0.3 is 20.7 Å². The minimum atomic E-state index is -0.283. The van der Waals surface area contributed by atoms with Gasteiger partial charge in [0, 0.05) is 30.4 Å². The summed E-state index contributed by atoms with van der Waals surface area (Å²) >= 11 is 0. The maximum absolute atomic E-state index is 12.2. The number of hydrogen-bond donors (Lipinski definition) is 3. The first-order valence-electron chi connectivity index (χ1n) is 8.72. The molecule has 0 aromatic heterocycles. The first-order valence-corrected chi connectivity index (χ1v) is 8.72. The predicted molar refractivity (Wildman–Crippen MR) is 95.2 cm³/mol. The molecule has 1 fully saturated rings. The minimum absolute atomic E-state index is 0.0715. The molecule has 6 nitrogen and oxygen atoms in total. The fraction of sp³-hybridized carbons (Fsp3) is 0.556. The molecule has 24 heavy (non-hydrogen) atoms. The van der Waals surface area contributed by atoms with Crippen molar-refractivity contribution in [3.8, 4) is 0 Å². The molecular formula is C18H27N3O3. The standard InChI is InChI=1S/C18H27N3O3/c1-2-11-24-12-10-19-18(23)21-16-9-5-8-15(13-16)20-17(22)14-6-3-4-7-14/h5,8-9,13-14H,2-4,6-7,10-12H2,1H3,(H,20,22)(H2,19,21,23). The number of rotatable bonds is 8. The van der Waals surface area contributed by atoms with Crippen LogP contribution in [0.5, 0.6) is 0 Å². The van der Waals surface area contributed by atoms with E-state index in [1.54, 1.807) is 12.1 Å². The number of amides is 3. The molecule has 3 amide bonds. The molecule has 1 aliphatic carbocycles. The molecule has 2 rings (SSSR count). The smallest absolute Gasteiger partial charge is 0.319 e. The molecule has 6 heteroatoms. The van der Waals surface area contributed by atoms with E-state index in [2.05, 4.69) is 16.0 Å². The zero-order valence-corrected chi connectivity index (χ0v) is 14.3. The molecule has 132 valence electrons. The summed E-state index contributed by atoms with van der Waals surface area (Å²) in [5, 5.41) is 8.42. The first kappa shape index (κ1) is 18.3. The Kier molecular flexibility index (Phi) is 7.55. The van der Waals surface area contributed by atoms with Crippen LogP contribution in [0.2, 0.25) is 0 Å². The third-order valence-electron chi connectivity index (χ3n) is 3.99. The highest BCUT2D eigenvalue weighted by molar-refractivity contribution is 5.94. The highest BCUT2D eigenvalue weighted by Crippen LogP contribution is 2.26. The van der Waals surface area contributed by atoms with Gasteiger partial charge in [0.25, 0.3) is 0 Å². The van der Waals surface area contributed by atoms with Gasteiger partial charge in [0.2, 0.25) is 5.91 Å². The number of hydrogen-bond acceptors (Lipinski definition) is 3. The van der Waals surface area contributed by atoms with Crippen molar-refractivity contribution >= 4 is 23.3 Å². The van der Waals surface area contributed by atoms with Gasteiger partial charge in [0.15, 0.2) is 0 Å². The number of anilines is 2. The Bertz CT molecular complexity index is 542. The lowest BCUT2D eigenvalue weighted by Gasteiger charge is -2.12. The summed E-state index contributed by atoms with van der Waals surface area (Å²) in [7, 11) is 0. The third-order valence-corrected chi connectivity index (χ3v) is 3.99. The Morgan fingerprint density at radius 3 is 2.54 bits per heavy atom. The lowest BCUT2D eigenvalue weighted by Crippen LogP contribution is -2.31. The van der Waals surface area contributed by atoms with E-state index in [9.17, 15) is 9.59 Å². The van der Waals surface area contributed by atoms with Gasteiger partial charge in [-0.15, -0.1) is 0 Å². The number of nitrogens with one attached hydrogen (secondary N) is 3. The lowest BCUT2D eigenvalue weighted by molar-refractivity contribution is -0.119. The third kappa shape index (κ3) is 6.20. The largest absolute Gasteiger partial charge is 0.380 e. The van der Waals surface area contributed by atoms with Gasteiger partial charge >= 0.3 is 6.03 Å². The molecule has 1 aromatic rings. The van der Waals surface area contributed by atoms with Gasteiger partial charge in [-0.2, -0.15) is 0 Å². The average Bonchev–Trinajstić information content (AvgIpc) is 3.09. The van der Waals surface area contributed by atoms with Crippen molar-refractivity contribution in [3.63, 3.8) is 0 Å². The topological polar surface area (TPSA) is 79.5 Å². The van der Waals surface area contributed by atoms with E-state index >= 15 is 0 Å². The van der Waals surface area contributed by atoms with E-state index in [0.717, 1.165) is 32.1 Å². The Balaban J connectivity index is 1.77. The normalized spacial score (nSPS) is 14.4. The van der Waals surface area contributed by atoms with Gasteiger partial charge in [0.1, 0.15) is 0 Å². The zero-order chi connectivity index (χ0) is 17.2. The summed E-state index contributed by atoms with van der Waals surface area (Å²) in [4.78, 5) is 24.0. The second kappa shape index (κ2) is 9.93. The highest BCUT2D eigenvalue weighted by atomic mass is 16.5. The van der Waals surface area contributed by atoms with Crippen LogP contribution in [0, 0.1) is 5.92 Å². The van der Waals surface area contributed by atoms with E-state index in [1.807, 2.05) is 19.1 Å². The van der Waals surface area contributed by atoms with Crippen molar-refractivity contribution in [1.82, 2.24) is 5.32 Å². The highest BCUT2D eigenvalue weighted by Gasteiger charge is 2.22. The molecule has 0 heterocycles. The second-order valence-corrected chi connectivity index (χ2v) is 6.04. The Morgan fingerprint density at radius 1 is 1.12 bits per heavy atom. The number of carbonyl (C=O) groups is 2. The summed E-state index contributed by atoms with van der Waals surface area (Å²) in [6.45, 7) is 3.70. The van der Waals surface area contributed by atoms with Crippen LogP contribution in [-0.4, -0.2) is 31.7 Å². The first-order chi connectivity index (χ1) is 11.7. The molecule has 0 bridgehead atoms. The molecule has 0 saturated heterocycles. The van der Waals surface area contributed by atoms with Crippen molar-refractivity contribution < 1.29 is 14.3 Å². The van der Waals surface area contributed by atoms with Crippen molar-refractivity contribution in [3.05, 3.63) is 24.3 Å². The summed E-state index contributed by atoms with van der Waals surface area (Å²) in [6, 6.07) is 6.91. The summed E-state index contributed by atoms with van der Waals surface area (Å²) in [6.07, 6.45) is 5.15. The van der Waals surface area contributed by atoms with Gasteiger partial charge in [-0.05, 0) is 37.5 Å². The van der Waals surface area contributed by atoms with E-state index in [1.165, 1.54) is 0 Å². The van der Waals surface area contributed by atoms with E-state index in [-0.39, 0.29) is 17.9 Å². The molecule has 0 unspecified atom stereocenters. The summed E-state index contributed by atoms with van der Waals surface area (Å²) in [5.74, 6) is 0.190.